The summed E-state index contributed by atoms with van der Waals surface area (Å²) >= 11 is 0. The molecule has 4 rings (SSSR count). The van der Waals surface area contributed by atoms with Gasteiger partial charge in [0, 0.05) is 24.8 Å². The van der Waals surface area contributed by atoms with Crippen molar-refractivity contribution in [1.29, 1.82) is 0 Å². The first-order chi connectivity index (χ1) is 14.4. The molecule has 2 N–H and O–H groups in total. The molecule has 6 nitrogen and oxygen atoms in total. The first-order valence-corrected chi connectivity index (χ1v) is 12.1. The van der Waals surface area contributed by atoms with E-state index in [-0.39, 0.29) is 22.9 Å². The lowest BCUT2D eigenvalue weighted by Gasteiger charge is -2.29. The molecule has 1 fully saturated rings. The third kappa shape index (κ3) is 4.43. The van der Waals surface area contributed by atoms with E-state index in [1.54, 1.807) is 24.3 Å². The van der Waals surface area contributed by atoms with Gasteiger partial charge in [0.25, 0.3) is 0 Å². The van der Waals surface area contributed by atoms with Crippen molar-refractivity contribution in [2.24, 2.45) is 0 Å². The first-order valence-electron chi connectivity index (χ1n) is 10.7. The molecule has 1 aliphatic carbocycles. The van der Waals surface area contributed by atoms with Crippen LogP contribution in [0.15, 0.2) is 53.4 Å². The molecule has 2 atom stereocenters. The second kappa shape index (κ2) is 8.88. The number of nitrogens with one attached hydrogen (secondary N) is 2. The third-order valence-corrected chi connectivity index (χ3v) is 7.95. The standard InChI is InChI=1S/C23H29N3O3S/c1-17(24-22-10-6-8-18-7-2-3-9-21(18)22)23(27)25-19-11-13-20(14-12-19)30(28,29)26-15-4-5-16-26/h2-3,7,9,11-14,17,22,24H,4-6,8,10,15-16H2,1H3,(H,25,27)/t17-,22-/m1/s1. The topological polar surface area (TPSA) is 78.5 Å². The number of aryl methyl sites for hydroxylation is 1. The van der Waals surface area contributed by atoms with Gasteiger partial charge in [0.05, 0.1) is 10.9 Å². The number of fused-ring (bicyclic) bond motifs is 1. The molecule has 2 aromatic rings. The Morgan fingerprint density at radius 3 is 2.47 bits per heavy atom. The van der Waals surface area contributed by atoms with E-state index in [0.717, 1.165) is 32.1 Å². The number of benzene rings is 2. The molecule has 0 radical (unpaired) electrons. The molecule has 0 bridgehead atoms. The summed E-state index contributed by atoms with van der Waals surface area (Å²) in [6.07, 6.45) is 5.02. The van der Waals surface area contributed by atoms with Gasteiger partial charge in [0.2, 0.25) is 15.9 Å². The van der Waals surface area contributed by atoms with E-state index in [0.29, 0.717) is 18.8 Å². The summed E-state index contributed by atoms with van der Waals surface area (Å²) in [5, 5.41) is 6.35. The van der Waals surface area contributed by atoms with Crippen molar-refractivity contribution in [2.75, 3.05) is 18.4 Å². The normalized spacial score (nSPS) is 20.5. The van der Waals surface area contributed by atoms with Crippen LogP contribution in [0.3, 0.4) is 0 Å². The molecule has 2 aromatic carbocycles. The van der Waals surface area contributed by atoms with Gasteiger partial charge in [-0.15, -0.1) is 0 Å². The molecule has 0 spiro atoms. The van der Waals surface area contributed by atoms with Gasteiger partial charge in [0.1, 0.15) is 0 Å². The third-order valence-electron chi connectivity index (χ3n) is 6.04. The van der Waals surface area contributed by atoms with E-state index >= 15 is 0 Å². The monoisotopic (exact) mass is 427 g/mol. The van der Waals surface area contributed by atoms with Crippen LogP contribution < -0.4 is 10.6 Å². The zero-order valence-electron chi connectivity index (χ0n) is 17.3. The minimum atomic E-state index is -3.44. The predicted molar refractivity (Wildman–Crippen MR) is 118 cm³/mol. The Kier molecular flexibility index (Phi) is 6.22. The molecule has 1 saturated heterocycles. The molecule has 30 heavy (non-hydrogen) atoms. The maximum absolute atomic E-state index is 12.7. The van der Waals surface area contributed by atoms with Crippen LogP contribution in [0.25, 0.3) is 0 Å². The number of rotatable bonds is 6. The highest BCUT2D eigenvalue weighted by Crippen LogP contribution is 2.30. The number of sulfonamides is 1. The van der Waals surface area contributed by atoms with Crippen molar-refractivity contribution >= 4 is 21.6 Å². The molecule has 2 aliphatic rings. The van der Waals surface area contributed by atoms with Crippen molar-refractivity contribution < 1.29 is 13.2 Å². The van der Waals surface area contributed by atoms with Gasteiger partial charge in [-0.1, -0.05) is 24.3 Å². The van der Waals surface area contributed by atoms with Crippen LogP contribution in [0.2, 0.25) is 0 Å². The van der Waals surface area contributed by atoms with Crippen LogP contribution >= 0.6 is 0 Å². The van der Waals surface area contributed by atoms with Crippen molar-refractivity contribution in [3.63, 3.8) is 0 Å². The zero-order chi connectivity index (χ0) is 21.1. The lowest BCUT2D eigenvalue weighted by atomic mass is 9.87. The molecular weight excluding hydrogens is 398 g/mol. The minimum Gasteiger partial charge on any atom is -0.325 e. The second-order valence-electron chi connectivity index (χ2n) is 8.16. The van der Waals surface area contributed by atoms with Crippen molar-refractivity contribution in [3.8, 4) is 0 Å². The van der Waals surface area contributed by atoms with Gasteiger partial charge in [-0.3, -0.25) is 10.1 Å². The number of hydrogen-bond donors (Lipinski definition) is 2. The molecule has 160 valence electrons. The maximum atomic E-state index is 12.7. The SMILES string of the molecule is C[C@@H](N[C@@H]1CCCc2ccccc21)C(=O)Nc1ccc(S(=O)(=O)N2CCCC2)cc1. The average molecular weight is 428 g/mol. The molecular formula is C23H29N3O3S. The first kappa shape index (κ1) is 21.0. The van der Waals surface area contributed by atoms with Crippen LogP contribution in [0, 0.1) is 0 Å². The van der Waals surface area contributed by atoms with E-state index < -0.39 is 10.0 Å². The van der Waals surface area contributed by atoms with Crippen LogP contribution in [-0.2, 0) is 21.2 Å². The Bertz CT molecular complexity index is 999. The number of anilines is 1. The van der Waals surface area contributed by atoms with Gasteiger partial charge in [0.15, 0.2) is 0 Å². The van der Waals surface area contributed by atoms with Crippen molar-refractivity contribution in [1.82, 2.24) is 9.62 Å². The van der Waals surface area contributed by atoms with Gasteiger partial charge in [-0.25, -0.2) is 8.42 Å². The Labute approximate surface area is 178 Å². The maximum Gasteiger partial charge on any atom is 0.243 e. The summed E-state index contributed by atoms with van der Waals surface area (Å²) < 4.78 is 26.8. The summed E-state index contributed by atoms with van der Waals surface area (Å²) in [7, 11) is -3.44. The van der Waals surface area contributed by atoms with Gasteiger partial charge < -0.3 is 5.32 Å². The summed E-state index contributed by atoms with van der Waals surface area (Å²) in [6.45, 7) is 3.02. The zero-order valence-corrected chi connectivity index (χ0v) is 18.1. The number of carbonyl (C=O) groups is 1. The summed E-state index contributed by atoms with van der Waals surface area (Å²) in [6, 6.07) is 14.6. The van der Waals surface area contributed by atoms with E-state index in [2.05, 4.69) is 28.8 Å². The largest absolute Gasteiger partial charge is 0.325 e. The fourth-order valence-electron chi connectivity index (χ4n) is 4.34. The van der Waals surface area contributed by atoms with Gasteiger partial charge in [-0.05, 0) is 74.4 Å². The summed E-state index contributed by atoms with van der Waals surface area (Å²) in [5.41, 5.74) is 3.22. The second-order valence-corrected chi connectivity index (χ2v) is 10.1. The van der Waals surface area contributed by atoms with E-state index in [9.17, 15) is 13.2 Å². The molecule has 1 heterocycles. The lowest BCUT2D eigenvalue weighted by Crippen LogP contribution is -2.41. The van der Waals surface area contributed by atoms with Crippen LogP contribution in [0.1, 0.15) is 49.8 Å². The van der Waals surface area contributed by atoms with E-state index in [4.69, 9.17) is 0 Å². The van der Waals surface area contributed by atoms with Gasteiger partial charge in [-0.2, -0.15) is 4.31 Å². The Morgan fingerprint density at radius 2 is 1.73 bits per heavy atom. The molecule has 7 heteroatoms. The summed E-state index contributed by atoms with van der Waals surface area (Å²) in [5.74, 6) is -0.131. The highest BCUT2D eigenvalue weighted by Gasteiger charge is 2.27. The van der Waals surface area contributed by atoms with Crippen LogP contribution in [-0.4, -0.2) is 37.8 Å². The van der Waals surface area contributed by atoms with Gasteiger partial charge >= 0.3 is 0 Å². The molecule has 1 aliphatic heterocycles. The number of nitrogens with zero attached hydrogens (tertiary/aromatic N) is 1. The highest BCUT2D eigenvalue weighted by atomic mass is 32.2. The van der Waals surface area contributed by atoms with Crippen LogP contribution in [0.5, 0.6) is 0 Å². The highest BCUT2D eigenvalue weighted by molar-refractivity contribution is 7.89. The van der Waals surface area contributed by atoms with E-state index in [1.165, 1.54) is 15.4 Å². The Balaban J connectivity index is 1.38. The quantitative estimate of drug-likeness (QED) is 0.740. The number of hydrogen-bond acceptors (Lipinski definition) is 4. The number of carbonyl (C=O) groups excluding carboxylic acids is 1. The van der Waals surface area contributed by atoms with Crippen LogP contribution in [0.4, 0.5) is 5.69 Å². The predicted octanol–water partition coefficient (Wildman–Crippen LogP) is 3.47. The molecule has 0 unspecified atom stereocenters. The Morgan fingerprint density at radius 1 is 1.03 bits per heavy atom. The fraction of sp³-hybridized carbons (Fsp3) is 0.435. The van der Waals surface area contributed by atoms with E-state index in [1.807, 2.05) is 13.0 Å². The number of amides is 1. The summed E-state index contributed by atoms with van der Waals surface area (Å²) in [4.78, 5) is 13.0. The Hall–Kier alpha value is -2.22. The molecule has 0 aromatic heterocycles. The average Bonchev–Trinajstić information content (AvgIpc) is 3.30. The minimum absolute atomic E-state index is 0.131. The van der Waals surface area contributed by atoms with Crippen molar-refractivity contribution in [3.05, 3.63) is 59.7 Å². The smallest absolute Gasteiger partial charge is 0.243 e. The van der Waals surface area contributed by atoms with Crippen molar-refractivity contribution in [2.45, 2.75) is 56.0 Å². The fourth-order valence-corrected chi connectivity index (χ4v) is 5.86. The molecule has 0 saturated carbocycles. The lowest BCUT2D eigenvalue weighted by molar-refractivity contribution is -0.118. The molecule has 1 amide bonds.